The maximum atomic E-state index is 11.6. The Bertz CT molecular complexity index is 379. The molecule has 0 spiro atoms. The van der Waals surface area contributed by atoms with Gasteiger partial charge < -0.3 is 9.47 Å². The van der Waals surface area contributed by atoms with Crippen LogP contribution in [-0.2, 0) is 23.9 Å². The zero-order valence-corrected chi connectivity index (χ0v) is 10.8. The van der Waals surface area contributed by atoms with Crippen LogP contribution in [0.3, 0.4) is 0 Å². The number of rotatable bonds is 8. The van der Waals surface area contributed by atoms with Crippen molar-refractivity contribution >= 4 is 17.7 Å². The van der Waals surface area contributed by atoms with E-state index in [-0.39, 0.29) is 38.3 Å². The summed E-state index contributed by atoms with van der Waals surface area (Å²) in [6.45, 7) is 1.28. The van der Waals surface area contributed by atoms with Crippen LogP contribution in [0.25, 0.3) is 0 Å². The number of hydrogen-bond donors (Lipinski definition) is 0. The van der Waals surface area contributed by atoms with Crippen LogP contribution in [0.2, 0.25) is 0 Å². The van der Waals surface area contributed by atoms with Crippen LogP contribution >= 0.6 is 0 Å². The van der Waals surface area contributed by atoms with Gasteiger partial charge in [0.15, 0.2) is 5.92 Å². The topological polar surface area (TPSA) is 69.7 Å². The molecule has 0 aliphatic rings. The highest BCUT2D eigenvalue weighted by molar-refractivity contribution is 5.98. The third-order valence-electron chi connectivity index (χ3n) is 2.04. The fourth-order valence-electron chi connectivity index (χ4n) is 1.17. The number of terminal acetylenes is 2. The first-order chi connectivity index (χ1) is 9.02. The van der Waals surface area contributed by atoms with Crippen molar-refractivity contribution in [1.82, 2.24) is 0 Å². The minimum atomic E-state index is -1.26. The molecule has 0 saturated heterocycles. The van der Waals surface area contributed by atoms with E-state index >= 15 is 0 Å². The molecule has 5 nitrogen and oxygen atoms in total. The van der Waals surface area contributed by atoms with Crippen molar-refractivity contribution in [2.24, 2.45) is 5.92 Å². The molecule has 0 amide bonds. The number of esters is 2. The normalized spacial score (nSPS) is 9.26. The van der Waals surface area contributed by atoms with E-state index in [1.54, 1.807) is 0 Å². The Labute approximate surface area is 112 Å². The summed E-state index contributed by atoms with van der Waals surface area (Å²) in [5, 5.41) is 0. The fourth-order valence-corrected chi connectivity index (χ4v) is 1.17. The minimum absolute atomic E-state index is 0.00136. The van der Waals surface area contributed by atoms with Gasteiger partial charge in [0, 0.05) is 19.3 Å². The van der Waals surface area contributed by atoms with E-state index in [0.29, 0.717) is 0 Å². The van der Waals surface area contributed by atoms with Gasteiger partial charge in [0.1, 0.15) is 19.0 Å². The van der Waals surface area contributed by atoms with Crippen molar-refractivity contribution in [2.75, 3.05) is 13.2 Å². The summed E-state index contributed by atoms with van der Waals surface area (Å²) in [5.74, 6) is 1.40. The van der Waals surface area contributed by atoms with E-state index in [2.05, 4.69) is 11.8 Å². The lowest BCUT2D eigenvalue weighted by Gasteiger charge is -2.13. The minimum Gasteiger partial charge on any atom is -0.464 e. The molecule has 5 heteroatoms. The van der Waals surface area contributed by atoms with Crippen LogP contribution in [0.1, 0.15) is 26.2 Å². The van der Waals surface area contributed by atoms with Crippen LogP contribution in [0.15, 0.2) is 0 Å². The van der Waals surface area contributed by atoms with Crippen LogP contribution < -0.4 is 0 Å². The lowest BCUT2D eigenvalue weighted by Crippen LogP contribution is -2.30. The number of Topliss-reactive ketones (excluding diaryl/α,β-unsaturated/α-hetero) is 1. The summed E-state index contributed by atoms with van der Waals surface area (Å²) < 4.78 is 9.60. The zero-order chi connectivity index (χ0) is 14.7. The molecule has 0 rings (SSSR count). The summed E-state index contributed by atoms with van der Waals surface area (Å²) in [4.78, 5) is 34.3. The molecular weight excluding hydrogens is 248 g/mol. The predicted octanol–water partition coefficient (Wildman–Crippen LogP) is 0.715. The maximum absolute atomic E-state index is 11.6. The fraction of sp³-hybridized carbons (Fsp3) is 0.500. The van der Waals surface area contributed by atoms with Gasteiger partial charge in [-0.25, -0.2) is 0 Å². The van der Waals surface area contributed by atoms with Gasteiger partial charge in [-0.05, 0) is 6.92 Å². The molecule has 0 aliphatic heterocycles. The molecule has 0 atom stereocenters. The van der Waals surface area contributed by atoms with Crippen LogP contribution in [0.4, 0.5) is 0 Å². The average Bonchev–Trinajstić information content (AvgIpc) is 2.36. The number of carbonyl (C=O) groups excluding carboxylic acids is 3. The molecule has 0 aromatic carbocycles. The van der Waals surface area contributed by atoms with Gasteiger partial charge in [-0.15, -0.1) is 24.7 Å². The predicted molar refractivity (Wildman–Crippen MR) is 67.6 cm³/mol. The monoisotopic (exact) mass is 264 g/mol. The third kappa shape index (κ3) is 7.62. The van der Waals surface area contributed by atoms with E-state index in [0.717, 1.165) is 0 Å². The molecule has 0 heterocycles. The Morgan fingerprint density at radius 1 is 1.00 bits per heavy atom. The molecule has 0 bridgehead atoms. The Morgan fingerprint density at radius 3 is 1.74 bits per heavy atom. The third-order valence-corrected chi connectivity index (χ3v) is 2.04. The molecule has 0 unspecified atom stereocenters. The number of hydrogen-bond acceptors (Lipinski definition) is 5. The quantitative estimate of drug-likeness (QED) is 0.279. The molecule has 0 fully saturated rings. The van der Waals surface area contributed by atoms with E-state index in [1.807, 2.05) is 0 Å². The average molecular weight is 264 g/mol. The highest BCUT2D eigenvalue weighted by atomic mass is 16.6. The van der Waals surface area contributed by atoms with Crippen molar-refractivity contribution in [2.45, 2.75) is 26.2 Å². The first-order valence-electron chi connectivity index (χ1n) is 5.72. The number of ether oxygens (including phenoxy) is 2. The highest BCUT2D eigenvalue weighted by Gasteiger charge is 2.30. The van der Waals surface area contributed by atoms with Crippen molar-refractivity contribution in [3.8, 4) is 24.7 Å². The van der Waals surface area contributed by atoms with Crippen molar-refractivity contribution in [3.63, 3.8) is 0 Å². The number of ketones is 1. The van der Waals surface area contributed by atoms with Gasteiger partial charge in [-0.1, -0.05) is 0 Å². The van der Waals surface area contributed by atoms with Gasteiger partial charge in [0.25, 0.3) is 0 Å². The lowest BCUT2D eigenvalue weighted by atomic mass is 10.0. The van der Waals surface area contributed by atoms with Crippen LogP contribution in [0, 0.1) is 30.6 Å². The highest BCUT2D eigenvalue weighted by Crippen LogP contribution is 2.10. The summed E-state index contributed by atoms with van der Waals surface area (Å²) in [5.41, 5.74) is 0. The Morgan fingerprint density at radius 2 is 1.42 bits per heavy atom. The van der Waals surface area contributed by atoms with E-state index in [4.69, 9.17) is 22.3 Å². The van der Waals surface area contributed by atoms with Crippen molar-refractivity contribution < 1.29 is 23.9 Å². The maximum Gasteiger partial charge on any atom is 0.320 e. The van der Waals surface area contributed by atoms with Gasteiger partial charge in [0.2, 0.25) is 0 Å². The molecule has 0 aromatic rings. The van der Waals surface area contributed by atoms with Gasteiger partial charge in [-0.3, -0.25) is 14.4 Å². The smallest absolute Gasteiger partial charge is 0.320 e. The summed E-state index contributed by atoms with van der Waals surface area (Å²) in [6, 6.07) is 0. The first kappa shape index (κ1) is 16.7. The summed E-state index contributed by atoms with van der Waals surface area (Å²) >= 11 is 0. The number of carbonyl (C=O) groups is 3. The molecule has 0 saturated carbocycles. The zero-order valence-electron chi connectivity index (χ0n) is 10.8. The van der Waals surface area contributed by atoms with Crippen molar-refractivity contribution in [1.29, 1.82) is 0 Å². The van der Waals surface area contributed by atoms with Gasteiger partial charge >= 0.3 is 11.9 Å². The van der Waals surface area contributed by atoms with Gasteiger partial charge in [0.05, 0.1) is 0 Å². The molecule has 0 aromatic heterocycles. The molecule has 102 valence electrons. The Kier molecular flexibility index (Phi) is 8.57. The SMILES string of the molecule is C#CCCOC(=O)C(CC(C)=O)C(=O)OCCC#C. The first-order valence-corrected chi connectivity index (χ1v) is 5.72. The summed E-state index contributed by atoms with van der Waals surface area (Å²) in [7, 11) is 0. The van der Waals surface area contributed by atoms with Crippen LogP contribution in [-0.4, -0.2) is 30.9 Å². The molecule has 0 N–H and O–H groups in total. The van der Waals surface area contributed by atoms with E-state index in [1.165, 1.54) is 6.92 Å². The van der Waals surface area contributed by atoms with Gasteiger partial charge in [-0.2, -0.15) is 0 Å². The largest absolute Gasteiger partial charge is 0.464 e. The lowest BCUT2D eigenvalue weighted by molar-refractivity contribution is -0.163. The van der Waals surface area contributed by atoms with Crippen molar-refractivity contribution in [3.05, 3.63) is 0 Å². The second-order valence-electron chi connectivity index (χ2n) is 3.70. The second-order valence-corrected chi connectivity index (χ2v) is 3.70. The van der Waals surface area contributed by atoms with E-state index < -0.39 is 17.9 Å². The van der Waals surface area contributed by atoms with E-state index in [9.17, 15) is 14.4 Å². The molecule has 0 aliphatic carbocycles. The van der Waals surface area contributed by atoms with Crippen LogP contribution in [0.5, 0.6) is 0 Å². The Hall–Kier alpha value is -2.27. The standard InChI is InChI=1S/C14H16O5/c1-4-6-8-18-13(16)12(10-11(3)15)14(17)19-9-7-5-2/h1-2,12H,6-10H2,3H3. The molecular formula is C14H16O5. The molecule has 19 heavy (non-hydrogen) atoms. The molecule has 0 radical (unpaired) electrons. The Balaban J connectivity index is 4.48. The summed E-state index contributed by atoms with van der Waals surface area (Å²) in [6.07, 6.45) is 10.2. The second kappa shape index (κ2) is 9.73.